The number of ketones is 1. The summed E-state index contributed by atoms with van der Waals surface area (Å²) in [5.41, 5.74) is -0.327. The number of halogens is 5. The van der Waals surface area contributed by atoms with Crippen LogP contribution in [-0.2, 0) is 14.3 Å². The number of Topliss-reactive ketones (excluding diaryl/α,β-unsaturated/α-hetero) is 1. The minimum Gasteiger partial charge on any atom is -0.448 e. The van der Waals surface area contributed by atoms with Crippen LogP contribution in [0.15, 0.2) is 52.5 Å². The number of benzene rings is 1. The summed E-state index contributed by atoms with van der Waals surface area (Å²) in [6, 6.07) is -0.592. The number of rotatable bonds is 8. The van der Waals surface area contributed by atoms with Crippen molar-refractivity contribution in [1.82, 2.24) is 0 Å². The molecule has 2 rings (SSSR count). The fourth-order valence-corrected chi connectivity index (χ4v) is 5.08. The van der Waals surface area contributed by atoms with Gasteiger partial charge in [0.15, 0.2) is 39.9 Å². The quantitative estimate of drug-likeness (QED) is 0.138. The van der Waals surface area contributed by atoms with Crippen molar-refractivity contribution in [3.63, 3.8) is 0 Å². The third-order valence-corrected chi connectivity index (χ3v) is 7.13. The van der Waals surface area contributed by atoms with Gasteiger partial charge in [-0.2, -0.15) is 0 Å². The number of carbonyl (C=O) groups excluding carboxylic acids is 2. The molecule has 1 aromatic rings. The van der Waals surface area contributed by atoms with Crippen molar-refractivity contribution in [2.24, 2.45) is 0 Å². The van der Waals surface area contributed by atoms with Crippen LogP contribution in [0.1, 0.15) is 32.3 Å². The van der Waals surface area contributed by atoms with Crippen LogP contribution in [0.5, 0.6) is 0 Å². The molecule has 0 aromatic heterocycles. The molecule has 0 spiro atoms. The molecule has 0 N–H and O–H groups in total. The van der Waals surface area contributed by atoms with Gasteiger partial charge in [0.05, 0.1) is 4.90 Å². The number of thioether (sulfide) groups is 1. The number of allylic oxidation sites excluding steroid dienone is 4. The summed E-state index contributed by atoms with van der Waals surface area (Å²) in [6.45, 7) is 10.9. The first kappa shape index (κ1) is 25.9. The molecule has 0 aliphatic heterocycles. The van der Waals surface area contributed by atoms with Crippen LogP contribution in [0, 0.1) is 30.2 Å². The highest BCUT2D eigenvalue weighted by Gasteiger charge is 2.52. The maximum atomic E-state index is 14.8. The average molecular weight is 489 g/mol. The van der Waals surface area contributed by atoms with Gasteiger partial charge in [-0.3, -0.25) is 4.79 Å². The largest absolute Gasteiger partial charge is 0.448 e. The summed E-state index contributed by atoms with van der Waals surface area (Å²) in [5.74, 6) is -7.91. The Morgan fingerprint density at radius 2 is 1.41 bits per heavy atom. The van der Waals surface area contributed by atoms with Crippen molar-refractivity contribution in [3.05, 3.63) is 76.4 Å². The molecule has 0 heterocycles. The SMILES string of the molecule is C=CCC1=C(C)C(Sc2c(F)c(F)c(C)c(F)c2F)(C(=O)OCCl)C(C)=C(CC=C)C1=O. The second kappa shape index (κ2) is 10.1. The summed E-state index contributed by atoms with van der Waals surface area (Å²) < 4.78 is 61.1. The molecule has 0 saturated heterocycles. The predicted octanol–water partition coefficient (Wildman–Crippen LogP) is 6.49. The number of alkyl halides is 1. The van der Waals surface area contributed by atoms with Crippen molar-refractivity contribution in [2.45, 2.75) is 43.3 Å². The lowest BCUT2D eigenvalue weighted by molar-refractivity contribution is -0.142. The Kier molecular flexibility index (Phi) is 8.17. The fourth-order valence-electron chi connectivity index (χ4n) is 3.63. The van der Waals surface area contributed by atoms with E-state index in [4.69, 9.17) is 16.3 Å². The Labute approximate surface area is 192 Å². The molecule has 0 fully saturated rings. The monoisotopic (exact) mass is 488 g/mol. The Balaban J connectivity index is 2.97. The van der Waals surface area contributed by atoms with Crippen molar-refractivity contribution in [1.29, 1.82) is 0 Å². The minimum absolute atomic E-state index is 0.0383. The number of hydrogen-bond acceptors (Lipinski definition) is 4. The molecule has 0 amide bonds. The van der Waals surface area contributed by atoms with Gasteiger partial charge in [0, 0.05) is 16.7 Å². The van der Waals surface area contributed by atoms with E-state index in [1.807, 2.05) is 0 Å². The summed E-state index contributed by atoms with van der Waals surface area (Å²) in [6.07, 6.45) is 2.93. The van der Waals surface area contributed by atoms with Crippen molar-refractivity contribution < 1.29 is 31.9 Å². The Bertz CT molecular complexity index is 1010. The molecular formula is C23H21ClF4O3S. The molecule has 32 heavy (non-hydrogen) atoms. The Morgan fingerprint density at radius 1 is 0.969 bits per heavy atom. The zero-order chi connectivity index (χ0) is 24.4. The van der Waals surface area contributed by atoms with Crippen molar-refractivity contribution >= 4 is 35.1 Å². The van der Waals surface area contributed by atoms with Gasteiger partial charge in [-0.05, 0) is 44.8 Å². The van der Waals surface area contributed by atoms with Gasteiger partial charge < -0.3 is 4.74 Å². The van der Waals surface area contributed by atoms with Gasteiger partial charge in [0.2, 0.25) is 0 Å². The zero-order valence-electron chi connectivity index (χ0n) is 17.7. The van der Waals surface area contributed by atoms with Gasteiger partial charge >= 0.3 is 5.97 Å². The fraction of sp³-hybridized carbons (Fsp3) is 0.304. The van der Waals surface area contributed by atoms with Crippen LogP contribution in [-0.4, -0.2) is 22.6 Å². The van der Waals surface area contributed by atoms with E-state index in [-0.39, 0.29) is 46.9 Å². The summed E-state index contributed by atoms with van der Waals surface area (Å²) in [7, 11) is 0. The molecule has 0 saturated carbocycles. The van der Waals surface area contributed by atoms with E-state index in [9.17, 15) is 27.2 Å². The second-order valence-electron chi connectivity index (χ2n) is 7.06. The molecule has 9 heteroatoms. The van der Waals surface area contributed by atoms with Crippen LogP contribution in [0.25, 0.3) is 0 Å². The smallest absolute Gasteiger partial charge is 0.332 e. The van der Waals surface area contributed by atoms with E-state index < -0.39 is 56.3 Å². The van der Waals surface area contributed by atoms with Gasteiger partial charge in [0.1, 0.15) is 0 Å². The van der Waals surface area contributed by atoms with Crippen molar-refractivity contribution in [3.8, 4) is 0 Å². The van der Waals surface area contributed by atoms with E-state index in [0.717, 1.165) is 6.92 Å². The molecule has 1 aromatic carbocycles. The van der Waals surface area contributed by atoms with Crippen LogP contribution in [0.4, 0.5) is 17.6 Å². The Hall–Kier alpha value is -2.32. The first-order valence-electron chi connectivity index (χ1n) is 9.42. The molecule has 0 bridgehead atoms. The lowest BCUT2D eigenvalue weighted by atomic mass is 9.75. The average Bonchev–Trinajstić information content (AvgIpc) is 2.76. The number of esters is 1. The molecule has 0 radical (unpaired) electrons. The minimum atomic E-state index is -2.00. The number of carbonyl (C=O) groups is 2. The highest BCUT2D eigenvalue weighted by atomic mass is 35.5. The van der Waals surface area contributed by atoms with Crippen LogP contribution in [0.2, 0.25) is 0 Å². The van der Waals surface area contributed by atoms with Crippen molar-refractivity contribution in [2.75, 3.05) is 6.07 Å². The molecule has 0 atom stereocenters. The molecule has 172 valence electrons. The summed E-state index contributed by atoms with van der Waals surface area (Å²) >= 11 is 5.81. The number of ether oxygens (including phenoxy) is 1. The normalized spacial score (nSPS) is 15.8. The zero-order valence-corrected chi connectivity index (χ0v) is 19.3. The first-order chi connectivity index (χ1) is 15.0. The topological polar surface area (TPSA) is 43.4 Å². The number of hydrogen-bond donors (Lipinski definition) is 0. The molecule has 0 unspecified atom stereocenters. The van der Waals surface area contributed by atoms with Gasteiger partial charge in [-0.25, -0.2) is 22.4 Å². The highest BCUT2D eigenvalue weighted by Crippen LogP contribution is 2.52. The maximum Gasteiger partial charge on any atom is 0.332 e. The van der Waals surface area contributed by atoms with E-state index in [0.29, 0.717) is 0 Å². The van der Waals surface area contributed by atoms with E-state index in [1.165, 1.54) is 26.0 Å². The Morgan fingerprint density at radius 3 is 1.78 bits per heavy atom. The summed E-state index contributed by atoms with van der Waals surface area (Å²) in [5, 5.41) is 0. The lowest BCUT2D eigenvalue weighted by Gasteiger charge is -2.38. The van der Waals surface area contributed by atoms with E-state index >= 15 is 0 Å². The second-order valence-corrected chi connectivity index (χ2v) is 8.50. The maximum absolute atomic E-state index is 14.8. The lowest BCUT2D eigenvalue weighted by Crippen LogP contribution is -2.44. The third kappa shape index (κ3) is 4.06. The predicted molar refractivity (Wildman–Crippen MR) is 116 cm³/mol. The molecule has 1 aliphatic carbocycles. The van der Waals surface area contributed by atoms with E-state index in [2.05, 4.69) is 13.2 Å². The highest BCUT2D eigenvalue weighted by molar-refractivity contribution is 8.02. The van der Waals surface area contributed by atoms with Gasteiger partial charge in [0.25, 0.3) is 0 Å². The first-order valence-corrected chi connectivity index (χ1v) is 10.8. The van der Waals surface area contributed by atoms with Gasteiger partial charge in [-0.1, -0.05) is 35.5 Å². The van der Waals surface area contributed by atoms with E-state index in [1.54, 1.807) is 0 Å². The molecule has 3 nitrogen and oxygen atoms in total. The van der Waals surface area contributed by atoms with Crippen LogP contribution < -0.4 is 0 Å². The molecule has 1 aliphatic rings. The summed E-state index contributed by atoms with van der Waals surface area (Å²) in [4.78, 5) is 25.2. The standard InChI is InChI=1S/C23H21ClF4O3S/c1-6-8-14-12(4)23(22(30)31-10-24,13(5)15(9-7-2)20(14)29)32-21-18(27)16(25)11(3)17(26)19(21)28/h6-7H,1-2,8-10H2,3-5H3. The van der Waals surface area contributed by atoms with Crippen LogP contribution in [0.3, 0.4) is 0 Å². The molecular weight excluding hydrogens is 468 g/mol. The van der Waals surface area contributed by atoms with Crippen LogP contribution >= 0.6 is 23.4 Å². The van der Waals surface area contributed by atoms with Gasteiger partial charge in [-0.15, -0.1) is 13.2 Å². The third-order valence-electron chi connectivity index (χ3n) is 5.38.